The van der Waals surface area contributed by atoms with Crippen LogP contribution in [-0.4, -0.2) is 41.9 Å². The number of ether oxygens (including phenoxy) is 1. The van der Waals surface area contributed by atoms with Crippen molar-refractivity contribution >= 4 is 6.09 Å². The highest BCUT2D eigenvalue weighted by Gasteiger charge is 2.33. The Hall–Kier alpha value is -0.840. The summed E-state index contributed by atoms with van der Waals surface area (Å²) in [6.45, 7) is 6.14. The first kappa shape index (κ1) is 14.2. The van der Waals surface area contributed by atoms with Crippen LogP contribution in [0.2, 0.25) is 0 Å². The zero-order valence-electron chi connectivity index (χ0n) is 10.9. The van der Waals surface area contributed by atoms with Gasteiger partial charge in [-0.3, -0.25) is 0 Å². The van der Waals surface area contributed by atoms with Crippen LogP contribution in [0.1, 0.15) is 40.0 Å². The molecule has 2 atom stereocenters. The summed E-state index contributed by atoms with van der Waals surface area (Å²) in [5.74, 6) is 0. The Morgan fingerprint density at radius 1 is 1.59 bits per heavy atom. The van der Waals surface area contributed by atoms with Crippen molar-refractivity contribution in [3.05, 3.63) is 0 Å². The summed E-state index contributed by atoms with van der Waals surface area (Å²) in [7, 11) is 0. The molecule has 1 fully saturated rings. The fourth-order valence-corrected chi connectivity index (χ4v) is 2.03. The average molecular weight is 246 g/mol. The second-order valence-corrected chi connectivity index (χ2v) is 5.54. The van der Waals surface area contributed by atoms with E-state index in [4.69, 9.17) is 10.5 Å². The zero-order valence-corrected chi connectivity index (χ0v) is 10.9. The highest BCUT2D eigenvalue weighted by Crippen LogP contribution is 2.24. The maximum Gasteiger partial charge on any atom is 0.410 e. The number of nitrogens with zero attached hydrogens (tertiary/aromatic N) is 1. The minimum absolute atomic E-state index is 0.0126. The lowest BCUT2D eigenvalue weighted by atomic mass is 10.1. The number of hydrogen-bond donors (Lipinski definition) is 1. The second kappa shape index (κ2) is 5.67. The van der Waals surface area contributed by atoms with Crippen molar-refractivity contribution in [2.75, 3.05) is 13.1 Å². The molecule has 4 nitrogen and oxygen atoms in total. The van der Waals surface area contributed by atoms with Crippen molar-refractivity contribution in [3.8, 4) is 0 Å². The van der Waals surface area contributed by atoms with Crippen LogP contribution in [0, 0.1) is 0 Å². The molecule has 1 aliphatic rings. The van der Waals surface area contributed by atoms with E-state index in [0.717, 1.165) is 12.8 Å². The Morgan fingerprint density at radius 3 is 2.76 bits per heavy atom. The third-order valence-corrected chi connectivity index (χ3v) is 2.79. The van der Waals surface area contributed by atoms with E-state index in [-0.39, 0.29) is 18.7 Å². The van der Waals surface area contributed by atoms with Crippen molar-refractivity contribution in [3.63, 3.8) is 0 Å². The van der Waals surface area contributed by atoms with E-state index in [2.05, 4.69) is 0 Å². The largest absolute Gasteiger partial charge is 0.444 e. The van der Waals surface area contributed by atoms with Gasteiger partial charge in [-0.1, -0.05) is 0 Å². The first-order chi connectivity index (χ1) is 7.83. The van der Waals surface area contributed by atoms with Gasteiger partial charge in [-0.05, 0) is 33.6 Å². The molecule has 2 N–H and O–H groups in total. The van der Waals surface area contributed by atoms with Crippen molar-refractivity contribution in [1.29, 1.82) is 0 Å². The van der Waals surface area contributed by atoms with E-state index in [1.54, 1.807) is 4.90 Å². The lowest BCUT2D eigenvalue weighted by Crippen LogP contribution is -2.41. The second-order valence-electron chi connectivity index (χ2n) is 5.54. The molecule has 5 heteroatoms. The fourth-order valence-electron chi connectivity index (χ4n) is 2.03. The number of nitrogens with two attached hydrogens (primary N) is 1. The number of rotatable bonds is 3. The van der Waals surface area contributed by atoms with Gasteiger partial charge < -0.3 is 15.4 Å². The number of alkyl halides is 1. The molecule has 1 saturated heterocycles. The number of halogens is 1. The third-order valence-electron chi connectivity index (χ3n) is 2.79. The monoisotopic (exact) mass is 246 g/mol. The van der Waals surface area contributed by atoms with Crippen LogP contribution in [0.15, 0.2) is 0 Å². The predicted octanol–water partition coefficient (Wildman–Crippen LogP) is 2.07. The van der Waals surface area contributed by atoms with Crippen LogP contribution in [0.5, 0.6) is 0 Å². The van der Waals surface area contributed by atoms with Crippen LogP contribution in [0.25, 0.3) is 0 Å². The molecule has 1 rings (SSSR count). The molecule has 0 aromatic rings. The number of carbonyl (C=O) groups excluding carboxylic acids is 1. The molecular formula is C12H23FN2O2. The molecule has 0 bridgehead atoms. The topological polar surface area (TPSA) is 55.6 Å². The van der Waals surface area contributed by atoms with Crippen molar-refractivity contribution < 1.29 is 13.9 Å². The first-order valence-electron chi connectivity index (χ1n) is 6.17. The van der Waals surface area contributed by atoms with Crippen LogP contribution < -0.4 is 5.73 Å². The van der Waals surface area contributed by atoms with E-state index >= 15 is 0 Å². The van der Waals surface area contributed by atoms with Crippen LogP contribution in [0.4, 0.5) is 9.18 Å². The normalized spacial score (nSPS) is 22.6. The van der Waals surface area contributed by atoms with Crippen LogP contribution in [0.3, 0.4) is 0 Å². The summed E-state index contributed by atoms with van der Waals surface area (Å²) in [6.07, 6.45) is 0.670. The molecular weight excluding hydrogens is 223 g/mol. The Balaban J connectivity index is 2.54. The fraction of sp³-hybridized carbons (Fsp3) is 0.917. The van der Waals surface area contributed by atoms with Gasteiger partial charge in [-0.15, -0.1) is 0 Å². The van der Waals surface area contributed by atoms with Gasteiger partial charge >= 0.3 is 6.09 Å². The van der Waals surface area contributed by atoms with E-state index in [1.807, 2.05) is 20.8 Å². The first-order valence-corrected chi connectivity index (χ1v) is 6.17. The quantitative estimate of drug-likeness (QED) is 0.829. The Labute approximate surface area is 102 Å². The Morgan fingerprint density at radius 2 is 2.24 bits per heavy atom. The molecule has 100 valence electrons. The third kappa shape index (κ3) is 4.50. The van der Waals surface area contributed by atoms with E-state index in [1.165, 1.54) is 0 Å². The maximum atomic E-state index is 13.3. The number of amides is 1. The SMILES string of the molecule is CC(C)(C)OC(=O)N1CCCC1CC(F)CN. The zero-order chi connectivity index (χ0) is 13.1. The minimum Gasteiger partial charge on any atom is -0.444 e. The van der Waals surface area contributed by atoms with Gasteiger partial charge in [0.15, 0.2) is 0 Å². The van der Waals surface area contributed by atoms with E-state index in [9.17, 15) is 9.18 Å². The molecule has 0 aromatic heterocycles. The standard InChI is InChI=1S/C12H23FN2O2/c1-12(2,3)17-11(16)15-6-4-5-10(15)7-9(13)8-14/h9-10H,4-8,14H2,1-3H3. The van der Waals surface area contributed by atoms with Crippen molar-refractivity contribution in [1.82, 2.24) is 4.90 Å². The van der Waals surface area contributed by atoms with E-state index in [0.29, 0.717) is 13.0 Å². The molecule has 2 unspecified atom stereocenters. The highest BCUT2D eigenvalue weighted by molar-refractivity contribution is 5.68. The summed E-state index contributed by atoms with van der Waals surface area (Å²) < 4.78 is 18.6. The lowest BCUT2D eigenvalue weighted by Gasteiger charge is -2.29. The molecule has 1 heterocycles. The molecule has 1 amide bonds. The number of carbonyl (C=O) groups is 1. The van der Waals surface area contributed by atoms with Gasteiger partial charge in [0.2, 0.25) is 0 Å². The van der Waals surface area contributed by atoms with Gasteiger partial charge in [-0.25, -0.2) is 9.18 Å². The number of hydrogen-bond acceptors (Lipinski definition) is 3. The number of likely N-dealkylation sites (tertiary alicyclic amines) is 1. The van der Waals surface area contributed by atoms with Crippen molar-refractivity contribution in [2.45, 2.75) is 57.8 Å². The Kier molecular flexibility index (Phi) is 4.74. The summed E-state index contributed by atoms with van der Waals surface area (Å²) >= 11 is 0. The van der Waals surface area contributed by atoms with Crippen LogP contribution in [-0.2, 0) is 4.74 Å². The van der Waals surface area contributed by atoms with Gasteiger partial charge in [0.05, 0.1) is 0 Å². The molecule has 0 aromatic carbocycles. The molecule has 0 saturated carbocycles. The lowest BCUT2D eigenvalue weighted by molar-refractivity contribution is 0.0204. The Bertz CT molecular complexity index is 266. The van der Waals surface area contributed by atoms with E-state index < -0.39 is 11.8 Å². The van der Waals surface area contributed by atoms with Gasteiger partial charge in [0.25, 0.3) is 0 Å². The maximum absolute atomic E-state index is 13.3. The summed E-state index contributed by atoms with van der Waals surface area (Å²) in [5.41, 5.74) is 4.76. The van der Waals surface area contributed by atoms with Gasteiger partial charge in [-0.2, -0.15) is 0 Å². The van der Waals surface area contributed by atoms with Crippen molar-refractivity contribution in [2.24, 2.45) is 5.73 Å². The minimum atomic E-state index is -1.04. The molecule has 0 aliphatic carbocycles. The smallest absolute Gasteiger partial charge is 0.410 e. The molecule has 0 spiro atoms. The summed E-state index contributed by atoms with van der Waals surface area (Å²) in [4.78, 5) is 13.5. The summed E-state index contributed by atoms with van der Waals surface area (Å²) in [5, 5.41) is 0. The van der Waals surface area contributed by atoms with Gasteiger partial charge in [0, 0.05) is 25.6 Å². The molecule has 0 radical (unpaired) electrons. The van der Waals surface area contributed by atoms with Crippen LogP contribution >= 0.6 is 0 Å². The molecule has 1 aliphatic heterocycles. The van der Waals surface area contributed by atoms with Gasteiger partial charge in [0.1, 0.15) is 11.8 Å². The highest BCUT2D eigenvalue weighted by atomic mass is 19.1. The summed E-state index contributed by atoms with van der Waals surface area (Å²) in [6, 6.07) is -0.0663. The molecule has 17 heavy (non-hydrogen) atoms. The average Bonchev–Trinajstić information content (AvgIpc) is 2.63. The predicted molar refractivity (Wildman–Crippen MR) is 64.5 cm³/mol.